The molecule has 0 heterocycles. The molecule has 2 rings (SSSR count). The standard InChI is InChI=1S/C18H21NO2S/c1-14-3-9-17(10-4-14)21-12-11-19-18(20)16-7-5-15(6-8-16)13-22-2/h3-10H,11-13H2,1-2H3,(H,19,20). The van der Waals surface area contributed by atoms with Crippen molar-refractivity contribution >= 4 is 17.7 Å². The molecule has 4 heteroatoms. The van der Waals surface area contributed by atoms with Crippen LogP contribution in [0.25, 0.3) is 0 Å². The van der Waals surface area contributed by atoms with Gasteiger partial charge in [-0.15, -0.1) is 0 Å². The molecule has 0 saturated heterocycles. The van der Waals surface area contributed by atoms with Crippen molar-refractivity contribution < 1.29 is 9.53 Å². The van der Waals surface area contributed by atoms with Gasteiger partial charge in [0.05, 0.1) is 6.54 Å². The Morgan fingerprint density at radius 2 is 1.77 bits per heavy atom. The van der Waals surface area contributed by atoms with E-state index in [0.717, 1.165) is 11.5 Å². The van der Waals surface area contributed by atoms with Crippen LogP contribution in [0.1, 0.15) is 21.5 Å². The van der Waals surface area contributed by atoms with Gasteiger partial charge in [-0.25, -0.2) is 0 Å². The molecule has 0 aromatic heterocycles. The van der Waals surface area contributed by atoms with E-state index in [-0.39, 0.29) is 5.91 Å². The van der Waals surface area contributed by atoms with Gasteiger partial charge in [0.1, 0.15) is 12.4 Å². The first-order chi connectivity index (χ1) is 10.7. The van der Waals surface area contributed by atoms with Gasteiger partial charge in [0, 0.05) is 11.3 Å². The predicted octanol–water partition coefficient (Wildman–Crippen LogP) is 3.67. The number of hydrogen-bond acceptors (Lipinski definition) is 3. The van der Waals surface area contributed by atoms with Gasteiger partial charge in [-0.05, 0) is 43.0 Å². The molecule has 1 amide bonds. The average Bonchev–Trinajstić information content (AvgIpc) is 2.54. The zero-order valence-corrected chi connectivity index (χ0v) is 13.8. The lowest BCUT2D eigenvalue weighted by molar-refractivity contribution is 0.0947. The van der Waals surface area contributed by atoms with Crippen molar-refractivity contribution in [3.8, 4) is 5.75 Å². The summed E-state index contributed by atoms with van der Waals surface area (Å²) in [7, 11) is 0. The first-order valence-electron chi connectivity index (χ1n) is 7.24. The molecule has 0 aliphatic carbocycles. The molecule has 0 aliphatic heterocycles. The molecule has 1 N–H and O–H groups in total. The van der Waals surface area contributed by atoms with Crippen molar-refractivity contribution in [1.29, 1.82) is 0 Å². The molecule has 0 atom stereocenters. The quantitative estimate of drug-likeness (QED) is 0.792. The highest BCUT2D eigenvalue weighted by atomic mass is 32.2. The number of rotatable bonds is 7. The summed E-state index contributed by atoms with van der Waals surface area (Å²) < 4.78 is 5.58. The maximum absolute atomic E-state index is 12.0. The van der Waals surface area contributed by atoms with E-state index in [1.165, 1.54) is 11.1 Å². The fourth-order valence-corrected chi connectivity index (χ4v) is 2.51. The lowest BCUT2D eigenvalue weighted by Crippen LogP contribution is -2.28. The molecule has 0 radical (unpaired) electrons. The lowest BCUT2D eigenvalue weighted by atomic mass is 10.1. The fraction of sp³-hybridized carbons (Fsp3) is 0.278. The van der Waals surface area contributed by atoms with Crippen LogP contribution in [0.3, 0.4) is 0 Å². The van der Waals surface area contributed by atoms with Crippen LogP contribution in [0.2, 0.25) is 0 Å². The van der Waals surface area contributed by atoms with E-state index in [9.17, 15) is 4.79 Å². The van der Waals surface area contributed by atoms with Gasteiger partial charge in [0.2, 0.25) is 0 Å². The summed E-state index contributed by atoms with van der Waals surface area (Å²) in [5, 5.41) is 2.86. The Bertz CT molecular complexity index is 593. The monoisotopic (exact) mass is 315 g/mol. The van der Waals surface area contributed by atoms with E-state index in [4.69, 9.17) is 4.74 Å². The summed E-state index contributed by atoms with van der Waals surface area (Å²) in [6, 6.07) is 15.6. The molecule has 0 unspecified atom stereocenters. The van der Waals surface area contributed by atoms with Gasteiger partial charge in [0.25, 0.3) is 5.91 Å². The molecule has 116 valence electrons. The number of hydrogen-bond donors (Lipinski definition) is 1. The molecule has 2 aromatic rings. The number of aryl methyl sites for hydroxylation is 1. The number of benzene rings is 2. The van der Waals surface area contributed by atoms with Crippen molar-refractivity contribution in [3.05, 3.63) is 65.2 Å². The number of amides is 1. The Labute approximate surface area is 136 Å². The van der Waals surface area contributed by atoms with Crippen molar-refractivity contribution in [2.45, 2.75) is 12.7 Å². The molecule has 0 saturated carbocycles. The highest BCUT2D eigenvalue weighted by Gasteiger charge is 2.04. The first kappa shape index (κ1) is 16.4. The van der Waals surface area contributed by atoms with Crippen LogP contribution in [0, 0.1) is 6.92 Å². The molecule has 0 bridgehead atoms. The third-order valence-electron chi connectivity index (χ3n) is 3.20. The highest BCUT2D eigenvalue weighted by Crippen LogP contribution is 2.11. The van der Waals surface area contributed by atoms with Gasteiger partial charge in [-0.1, -0.05) is 29.8 Å². The summed E-state index contributed by atoms with van der Waals surface area (Å²) in [4.78, 5) is 12.0. The number of ether oxygens (including phenoxy) is 1. The van der Waals surface area contributed by atoms with Crippen molar-refractivity contribution in [2.75, 3.05) is 19.4 Å². The van der Waals surface area contributed by atoms with Gasteiger partial charge < -0.3 is 10.1 Å². The lowest BCUT2D eigenvalue weighted by Gasteiger charge is -2.08. The Hall–Kier alpha value is -1.94. The highest BCUT2D eigenvalue weighted by molar-refractivity contribution is 7.97. The molecule has 0 fully saturated rings. The van der Waals surface area contributed by atoms with E-state index < -0.39 is 0 Å². The minimum Gasteiger partial charge on any atom is -0.492 e. The second-order valence-electron chi connectivity index (χ2n) is 5.05. The number of carbonyl (C=O) groups excluding carboxylic acids is 1. The number of carbonyl (C=O) groups is 1. The van der Waals surface area contributed by atoms with Crippen LogP contribution in [0.4, 0.5) is 0 Å². The van der Waals surface area contributed by atoms with Crippen LogP contribution in [0.5, 0.6) is 5.75 Å². The van der Waals surface area contributed by atoms with E-state index in [1.54, 1.807) is 11.8 Å². The molecule has 3 nitrogen and oxygen atoms in total. The predicted molar refractivity (Wildman–Crippen MR) is 92.7 cm³/mol. The number of nitrogens with one attached hydrogen (secondary N) is 1. The van der Waals surface area contributed by atoms with Crippen LogP contribution in [-0.4, -0.2) is 25.3 Å². The Balaban J connectivity index is 1.74. The Morgan fingerprint density at radius 3 is 2.41 bits per heavy atom. The average molecular weight is 315 g/mol. The van der Waals surface area contributed by atoms with E-state index >= 15 is 0 Å². The van der Waals surface area contributed by atoms with E-state index in [0.29, 0.717) is 18.7 Å². The zero-order valence-electron chi connectivity index (χ0n) is 13.0. The Morgan fingerprint density at radius 1 is 1.09 bits per heavy atom. The topological polar surface area (TPSA) is 38.3 Å². The van der Waals surface area contributed by atoms with Crippen LogP contribution >= 0.6 is 11.8 Å². The van der Waals surface area contributed by atoms with E-state index in [2.05, 4.69) is 11.6 Å². The maximum Gasteiger partial charge on any atom is 0.251 e. The molecule has 0 spiro atoms. The fourth-order valence-electron chi connectivity index (χ4n) is 1.99. The largest absolute Gasteiger partial charge is 0.492 e. The van der Waals surface area contributed by atoms with Crippen molar-refractivity contribution in [2.24, 2.45) is 0 Å². The van der Waals surface area contributed by atoms with Crippen molar-refractivity contribution in [1.82, 2.24) is 5.32 Å². The molecular weight excluding hydrogens is 294 g/mol. The minimum absolute atomic E-state index is 0.0665. The summed E-state index contributed by atoms with van der Waals surface area (Å²) in [5.41, 5.74) is 3.11. The summed E-state index contributed by atoms with van der Waals surface area (Å²) in [5.74, 6) is 1.72. The minimum atomic E-state index is -0.0665. The third kappa shape index (κ3) is 5.11. The maximum atomic E-state index is 12.0. The smallest absolute Gasteiger partial charge is 0.251 e. The summed E-state index contributed by atoms with van der Waals surface area (Å²) in [6.07, 6.45) is 2.06. The summed E-state index contributed by atoms with van der Waals surface area (Å²) >= 11 is 1.77. The van der Waals surface area contributed by atoms with Gasteiger partial charge in [0.15, 0.2) is 0 Å². The van der Waals surface area contributed by atoms with Crippen LogP contribution < -0.4 is 10.1 Å². The first-order valence-corrected chi connectivity index (χ1v) is 8.64. The molecule has 22 heavy (non-hydrogen) atoms. The van der Waals surface area contributed by atoms with Crippen LogP contribution in [-0.2, 0) is 5.75 Å². The third-order valence-corrected chi connectivity index (χ3v) is 3.83. The molecular formula is C18H21NO2S. The van der Waals surface area contributed by atoms with Crippen LogP contribution in [0.15, 0.2) is 48.5 Å². The molecule has 0 aliphatic rings. The van der Waals surface area contributed by atoms with Gasteiger partial charge in [-0.3, -0.25) is 4.79 Å². The normalized spacial score (nSPS) is 10.3. The second kappa shape index (κ2) is 8.49. The summed E-state index contributed by atoms with van der Waals surface area (Å²) in [6.45, 7) is 2.98. The van der Waals surface area contributed by atoms with E-state index in [1.807, 2.05) is 55.5 Å². The zero-order chi connectivity index (χ0) is 15.8. The van der Waals surface area contributed by atoms with Gasteiger partial charge >= 0.3 is 0 Å². The van der Waals surface area contributed by atoms with Crippen molar-refractivity contribution in [3.63, 3.8) is 0 Å². The second-order valence-corrected chi connectivity index (χ2v) is 5.91. The van der Waals surface area contributed by atoms with Gasteiger partial charge in [-0.2, -0.15) is 11.8 Å². The Kier molecular flexibility index (Phi) is 6.34. The number of thioether (sulfide) groups is 1. The SMILES string of the molecule is CSCc1ccc(C(=O)NCCOc2ccc(C)cc2)cc1. The molecule has 2 aromatic carbocycles.